The van der Waals surface area contributed by atoms with Gasteiger partial charge in [-0.1, -0.05) is 0 Å². The number of ether oxygens (including phenoxy) is 1. The Morgan fingerprint density at radius 2 is 2.13 bits per heavy atom. The number of nitrogens with one attached hydrogen (secondary N) is 2. The summed E-state index contributed by atoms with van der Waals surface area (Å²) in [6.07, 6.45) is 7.81. The molecule has 0 aliphatic carbocycles. The third-order valence-corrected chi connectivity index (χ3v) is 4.85. The number of H-pyrrole nitrogens is 1. The predicted octanol–water partition coefficient (Wildman–Crippen LogP) is 1.19. The van der Waals surface area contributed by atoms with Crippen LogP contribution in [0.1, 0.15) is 31.5 Å². The van der Waals surface area contributed by atoms with Crippen molar-refractivity contribution in [2.75, 3.05) is 33.4 Å². The maximum atomic E-state index is 12.3. The van der Waals surface area contributed by atoms with Crippen molar-refractivity contribution in [2.24, 2.45) is 0 Å². The van der Waals surface area contributed by atoms with Crippen LogP contribution >= 0.6 is 0 Å². The number of imidazole rings is 1. The second kappa shape index (κ2) is 7.79. The largest absolute Gasteiger partial charge is 0.381 e. The second-order valence-corrected chi connectivity index (χ2v) is 6.50. The molecule has 2 fully saturated rings. The minimum absolute atomic E-state index is 0.0223. The molecule has 1 aromatic rings. The van der Waals surface area contributed by atoms with Crippen molar-refractivity contribution in [3.05, 3.63) is 18.2 Å². The highest BCUT2D eigenvalue weighted by Crippen LogP contribution is 2.20. The van der Waals surface area contributed by atoms with Gasteiger partial charge in [-0.3, -0.25) is 0 Å². The molecule has 2 amide bonds. The minimum Gasteiger partial charge on any atom is -0.381 e. The third kappa shape index (κ3) is 4.45. The molecule has 0 saturated carbocycles. The van der Waals surface area contributed by atoms with E-state index in [4.69, 9.17) is 4.74 Å². The monoisotopic (exact) mass is 321 g/mol. The van der Waals surface area contributed by atoms with Crippen molar-refractivity contribution in [1.29, 1.82) is 0 Å². The summed E-state index contributed by atoms with van der Waals surface area (Å²) in [6.45, 7) is 4.41. The molecule has 23 heavy (non-hydrogen) atoms. The van der Waals surface area contributed by atoms with Crippen molar-refractivity contribution < 1.29 is 9.53 Å². The van der Waals surface area contributed by atoms with E-state index in [1.807, 2.05) is 0 Å². The van der Waals surface area contributed by atoms with Gasteiger partial charge in [0.2, 0.25) is 0 Å². The van der Waals surface area contributed by atoms with E-state index < -0.39 is 0 Å². The Hall–Kier alpha value is -1.60. The van der Waals surface area contributed by atoms with E-state index in [-0.39, 0.29) is 12.1 Å². The van der Waals surface area contributed by atoms with Crippen molar-refractivity contribution in [1.82, 2.24) is 25.1 Å². The lowest BCUT2D eigenvalue weighted by molar-refractivity contribution is 0.0242. The number of aromatic nitrogens is 2. The lowest BCUT2D eigenvalue weighted by atomic mass is 10.00. The fourth-order valence-electron chi connectivity index (χ4n) is 3.42. The molecule has 7 heteroatoms. The molecule has 128 valence electrons. The van der Waals surface area contributed by atoms with Crippen molar-refractivity contribution in [2.45, 2.75) is 44.3 Å². The number of amides is 2. The minimum atomic E-state index is -0.0223. The molecular weight excluding hydrogens is 294 g/mol. The maximum absolute atomic E-state index is 12.3. The molecule has 0 bridgehead atoms. The number of carbonyl (C=O) groups is 1. The van der Waals surface area contributed by atoms with E-state index in [9.17, 15) is 4.79 Å². The van der Waals surface area contributed by atoms with Crippen LogP contribution in [0.15, 0.2) is 12.4 Å². The molecule has 3 rings (SSSR count). The van der Waals surface area contributed by atoms with E-state index in [0.29, 0.717) is 12.6 Å². The lowest BCUT2D eigenvalue weighted by Gasteiger charge is -2.39. The number of hydrogen-bond donors (Lipinski definition) is 2. The summed E-state index contributed by atoms with van der Waals surface area (Å²) in [5.41, 5.74) is 0. The van der Waals surface area contributed by atoms with Gasteiger partial charge in [0, 0.05) is 57.8 Å². The van der Waals surface area contributed by atoms with Gasteiger partial charge in [0.15, 0.2) is 0 Å². The first-order valence-corrected chi connectivity index (χ1v) is 8.54. The Balaban J connectivity index is 1.40. The molecule has 3 heterocycles. The zero-order chi connectivity index (χ0) is 16.1. The number of carbonyl (C=O) groups excluding carboxylic acids is 1. The summed E-state index contributed by atoms with van der Waals surface area (Å²) >= 11 is 0. The zero-order valence-electron chi connectivity index (χ0n) is 13.8. The molecular formula is C16H27N5O2. The fraction of sp³-hybridized carbons (Fsp3) is 0.750. The van der Waals surface area contributed by atoms with E-state index in [1.165, 1.54) is 0 Å². The third-order valence-electron chi connectivity index (χ3n) is 4.85. The van der Waals surface area contributed by atoms with Crippen molar-refractivity contribution >= 4 is 6.03 Å². The number of hydrogen-bond acceptors (Lipinski definition) is 4. The summed E-state index contributed by atoms with van der Waals surface area (Å²) in [5.74, 6) is 0.803. The molecule has 7 nitrogen and oxygen atoms in total. The fourth-order valence-corrected chi connectivity index (χ4v) is 3.42. The van der Waals surface area contributed by atoms with Crippen LogP contribution in [-0.4, -0.2) is 71.2 Å². The number of nitrogens with zero attached hydrogens (tertiary/aromatic N) is 3. The number of piperidine rings is 1. The van der Waals surface area contributed by atoms with Gasteiger partial charge in [-0.05, 0) is 25.7 Å². The average Bonchev–Trinajstić information content (AvgIpc) is 3.09. The Kier molecular flexibility index (Phi) is 5.51. The quantitative estimate of drug-likeness (QED) is 0.874. The summed E-state index contributed by atoms with van der Waals surface area (Å²) < 4.78 is 5.44. The molecule has 0 spiro atoms. The first kappa shape index (κ1) is 16.3. The Morgan fingerprint density at radius 3 is 2.78 bits per heavy atom. The highest BCUT2D eigenvalue weighted by atomic mass is 16.5. The summed E-state index contributed by atoms with van der Waals surface area (Å²) in [5, 5.41) is 3.15. The Labute approximate surface area is 137 Å². The van der Waals surface area contributed by atoms with E-state index in [1.54, 1.807) is 24.3 Å². The topological polar surface area (TPSA) is 73.5 Å². The number of aromatic amines is 1. The summed E-state index contributed by atoms with van der Waals surface area (Å²) in [6, 6.07) is 0.922. The highest BCUT2D eigenvalue weighted by molar-refractivity contribution is 5.74. The number of likely N-dealkylation sites (tertiary alicyclic amines) is 1. The number of urea groups is 1. The lowest BCUT2D eigenvalue weighted by Crippen LogP contribution is -2.51. The molecule has 1 aromatic heterocycles. The van der Waals surface area contributed by atoms with Gasteiger partial charge in [-0.25, -0.2) is 9.78 Å². The first-order valence-electron chi connectivity index (χ1n) is 8.54. The predicted molar refractivity (Wildman–Crippen MR) is 87.0 cm³/mol. The first-order chi connectivity index (χ1) is 11.2. The van der Waals surface area contributed by atoms with Crippen LogP contribution in [0.3, 0.4) is 0 Å². The Morgan fingerprint density at radius 1 is 1.39 bits per heavy atom. The van der Waals surface area contributed by atoms with Crippen molar-refractivity contribution in [3.63, 3.8) is 0 Å². The van der Waals surface area contributed by atoms with Gasteiger partial charge < -0.3 is 24.8 Å². The van der Waals surface area contributed by atoms with Crippen LogP contribution in [0.2, 0.25) is 0 Å². The molecule has 0 radical (unpaired) electrons. The molecule has 0 atom stereocenters. The molecule has 2 aliphatic rings. The molecule has 0 aromatic carbocycles. The second-order valence-electron chi connectivity index (χ2n) is 6.50. The van der Waals surface area contributed by atoms with Crippen LogP contribution in [0.4, 0.5) is 4.79 Å². The van der Waals surface area contributed by atoms with Crippen LogP contribution in [-0.2, 0) is 11.3 Å². The molecule has 0 unspecified atom stereocenters. The van der Waals surface area contributed by atoms with Crippen molar-refractivity contribution in [3.8, 4) is 0 Å². The van der Waals surface area contributed by atoms with Crippen LogP contribution in [0.5, 0.6) is 0 Å². The average molecular weight is 321 g/mol. The van der Waals surface area contributed by atoms with Gasteiger partial charge in [-0.15, -0.1) is 0 Å². The van der Waals surface area contributed by atoms with Gasteiger partial charge in [0.1, 0.15) is 5.82 Å². The van der Waals surface area contributed by atoms with E-state index >= 15 is 0 Å². The van der Waals surface area contributed by atoms with Crippen LogP contribution in [0.25, 0.3) is 0 Å². The molecule has 2 saturated heterocycles. The summed E-state index contributed by atoms with van der Waals surface area (Å²) in [7, 11) is 1.80. The summed E-state index contributed by atoms with van der Waals surface area (Å²) in [4.78, 5) is 23.7. The highest BCUT2D eigenvalue weighted by Gasteiger charge is 2.27. The SMILES string of the molecule is CN(Cc1ncc[nH]1)C(=O)NC1CCN(C2CCOCC2)CC1. The maximum Gasteiger partial charge on any atom is 0.317 e. The molecule has 2 N–H and O–H groups in total. The number of rotatable bonds is 4. The van der Waals surface area contributed by atoms with Gasteiger partial charge in [-0.2, -0.15) is 0 Å². The van der Waals surface area contributed by atoms with Gasteiger partial charge >= 0.3 is 6.03 Å². The van der Waals surface area contributed by atoms with Gasteiger partial charge in [0.25, 0.3) is 0 Å². The van der Waals surface area contributed by atoms with Crippen LogP contribution < -0.4 is 5.32 Å². The zero-order valence-corrected chi connectivity index (χ0v) is 13.8. The smallest absolute Gasteiger partial charge is 0.317 e. The standard InChI is InChI=1S/C16H27N5O2/c1-20(12-15-17-6-7-18-15)16(22)19-13-2-8-21(9-3-13)14-4-10-23-11-5-14/h6-7,13-14H,2-5,8-12H2,1H3,(H,17,18)(H,19,22). The van der Waals surface area contributed by atoms with Crippen LogP contribution in [0, 0.1) is 0 Å². The van der Waals surface area contributed by atoms with E-state index in [2.05, 4.69) is 20.2 Å². The molecule has 2 aliphatic heterocycles. The van der Waals surface area contributed by atoms with E-state index in [0.717, 1.165) is 57.8 Å². The Bertz CT molecular complexity index is 479. The normalized spacial score (nSPS) is 21.3. The van der Waals surface area contributed by atoms with Gasteiger partial charge in [0.05, 0.1) is 6.54 Å².